The number of ketones is 1. The maximum Gasteiger partial charge on any atom is 0.237 e. The molecule has 2 aromatic carbocycles. The predicted molar refractivity (Wildman–Crippen MR) is 157 cm³/mol. The van der Waals surface area contributed by atoms with Gasteiger partial charge in [-0.25, -0.2) is 8.78 Å². The predicted octanol–water partition coefficient (Wildman–Crippen LogP) is 6.73. The zero-order chi connectivity index (χ0) is 29.9. The third-order valence-electron chi connectivity index (χ3n) is 6.86. The summed E-state index contributed by atoms with van der Waals surface area (Å²) >= 11 is 0. The van der Waals surface area contributed by atoms with Gasteiger partial charge < -0.3 is 15.5 Å². The Hall–Kier alpha value is -3.32. The molecule has 2 N–H and O–H groups in total. The SMILES string of the molecule is C=C1N(/C(C(C)=O)=C(/c2ccc(F)cc2)C(C)CC)CCN(C(=O)CN)C1(C)C.CC.Cc1ccc(F)cc1. The van der Waals surface area contributed by atoms with Gasteiger partial charge >= 0.3 is 0 Å². The van der Waals surface area contributed by atoms with Gasteiger partial charge in [-0.1, -0.05) is 64.1 Å². The van der Waals surface area contributed by atoms with Crippen molar-refractivity contribution in [2.75, 3.05) is 19.6 Å². The third kappa shape index (κ3) is 8.59. The smallest absolute Gasteiger partial charge is 0.237 e. The Bertz CT molecular complexity index is 1120. The molecule has 7 heteroatoms. The van der Waals surface area contributed by atoms with Crippen LogP contribution in [0.5, 0.6) is 0 Å². The number of nitrogens with two attached hydrogens (primary N) is 1. The average molecular weight is 542 g/mol. The van der Waals surface area contributed by atoms with E-state index in [9.17, 15) is 18.4 Å². The van der Waals surface area contributed by atoms with Crippen LogP contribution in [0.15, 0.2) is 66.5 Å². The highest BCUT2D eigenvalue weighted by Crippen LogP contribution is 2.38. The average Bonchev–Trinajstić information content (AvgIpc) is 2.92. The van der Waals surface area contributed by atoms with Crippen LogP contribution >= 0.6 is 0 Å². The molecule has 1 amide bonds. The van der Waals surface area contributed by atoms with Crippen LogP contribution in [0, 0.1) is 24.5 Å². The van der Waals surface area contributed by atoms with E-state index in [-0.39, 0.29) is 35.8 Å². The summed E-state index contributed by atoms with van der Waals surface area (Å²) in [5.74, 6) is -0.638. The van der Waals surface area contributed by atoms with Crippen molar-refractivity contribution in [3.8, 4) is 0 Å². The monoisotopic (exact) mass is 541 g/mol. The van der Waals surface area contributed by atoms with E-state index in [4.69, 9.17) is 5.73 Å². The van der Waals surface area contributed by atoms with Crippen LogP contribution in [-0.2, 0) is 9.59 Å². The van der Waals surface area contributed by atoms with Crippen molar-refractivity contribution in [2.45, 2.75) is 67.3 Å². The van der Waals surface area contributed by atoms with Crippen LogP contribution in [0.3, 0.4) is 0 Å². The van der Waals surface area contributed by atoms with Gasteiger partial charge in [0.15, 0.2) is 5.78 Å². The van der Waals surface area contributed by atoms with E-state index in [2.05, 4.69) is 20.4 Å². The van der Waals surface area contributed by atoms with Gasteiger partial charge in [0.05, 0.1) is 17.8 Å². The molecule has 1 atom stereocenters. The van der Waals surface area contributed by atoms with E-state index in [1.807, 2.05) is 39.5 Å². The minimum Gasteiger partial charge on any atom is -0.338 e. The van der Waals surface area contributed by atoms with E-state index in [1.54, 1.807) is 36.1 Å². The molecule has 1 fully saturated rings. The topological polar surface area (TPSA) is 66.6 Å². The fourth-order valence-corrected chi connectivity index (χ4v) is 4.44. The van der Waals surface area contributed by atoms with E-state index in [1.165, 1.54) is 24.3 Å². The molecular formula is C32H45F2N3O2. The van der Waals surface area contributed by atoms with Crippen LogP contribution in [0.2, 0.25) is 0 Å². The van der Waals surface area contributed by atoms with Crippen molar-refractivity contribution < 1.29 is 18.4 Å². The maximum atomic E-state index is 13.5. The van der Waals surface area contributed by atoms with Crippen LogP contribution in [0.1, 0.15) is 66.0 Å². The van der Waals surface area contributed by atoms with Crippen LogP contribution in [0.4, 0.5) is 8.78 Å². The number of hydrogen-bond acceptors (Lipinski definition) is 4. The highest BCUT2D eigenvalue weighted by Gasteiger charge is 2.41. The molecule has 0 aliphatic carbocycles. The molecule has 0 spiro atoms. The first-order valence-electron chi connectivity index (χ1n) is 13.6. The lowest BCUT2D eigenvalue weighted by Gasteiger charge is -2.50. The Balaban J connectivity index is 0.000000641. The zero-order valence-electron chi connectivity index (χ0n) is 24.8. The lowest BCUT2D eigenvalue weighted by Crippen LogP contribution is -2.60. The van der Waals surface area contributed by atoms with E-state index in [0.29, 0.717) is 24.5 Å². The number of rotatable bonds is 6. The number of carbonyl (C=O) groups is 2. The Morgan fingerprint density at radius 2 is 1.49 bits per heavy atom. The second kappa shape index (κ2) is 15.3. The molecule has 1 aliphatic heterocycles. The second-order valence-electron chi connectivity index (χ2n) is 9.84. The molecule has 1 unspecified atom stereocenters. The summed E-state index contributed by atoms with van der Waals surface area (Å²) < 4.78 is 25.6. The van der Waals surface area contributed by atoms with Crippen molar-refractivity contribution >= 4 is 17.3 Å². The quantitative estimate of drug-likeness (QED) is 0.412. The standard InChI is InChI=1S/C23H32FN3O2.C7H7F.C2H6/c1-7-15(2)21(18-8-10-19(24)11-9-18)22(16(3)28)26-12-13-27(20(29)14-25)23(5,6)17(26)4;1-6-2-4-7(8)5-3-6;1-2/h8-11,15H,4,7,12-14,25H2,1-3,5-6H3;2-5H,1H3;1-2H3/b22-21+;;. The molecule has 0 bridgehead atoms. The number of Topliss-reactive ketones (excluding diaryl/α,β-unsaturated/α-hetero) is 1. The molecule has 5 nitrogen and oxygen atoms in total. The number of allylic oxidation sites excluding steroid dienone is 2. The normalized spacial score (nSPS) is 15.7. The number of amides is 1. The van der Waals surface area contributed by atoms with Gasteiger partial charge in [-0.15, -0.1) is 0 Å². The zero-order valence-corrected chi connectivity index (χ0v) is 24.8. The molecule has 1 aliphatic rings. The van der Waals surface area contributed by atoms with Crippen molar-refractivity contribution in [1.29, 1.82) is 0 Å². The van der Waals surface area contributed by atoms with Gasteiger partial charge in [0.2, 0.25) is 5.91 Å². The number of carbonyl (C=O) groups excluding carboxylic acids is 2. The van der Waals surface area contributed by atoms with Crippen molar-refractivity contribution in [1.82, 2.24) is 9.80 Å². The largest absolute Gasteiger partial charge is 0.338 e. The van der Waals surface area contributed by atoms with Crippen LogP contribution in [0.25, 0.3) is 5.57 Å². The fourth-order valence-electron chi connectivity index (χ4n) is 4.44. The first kappa shape index (κ1) is 33.7. The van der Waals surface area contributed by atoms with Gasteiger partial charge in [-0.3, -0.25) is 9.59 Å². The van der Waals surface area contributed by atoms with Gasteiger partial charge in [0, 0.05) is 25.7 Å². The highest BCUT2D eigenvalue weighted by atomic mass is 19.1. The van der Waals surface area contributed by atoms with E-state index >= 15 is 0 Å². The molecule has 0 aromatic heterocycles. The number of benzene rings is 2. The molecule has 3 rings (SSSR count). The van der Waals surface area contributed by atoms with Crippen LogP contribution < -0.4 is 5.73 Å². The lowest BCUT2D eigenvalue weighted by molar-refractivity contribution is -0.136. The van der Waals surface area contributed by atoms with Gasteiger partial charge in [-0.2, -0.15) is 0 Å². The summed E-state index contributed by atoms with van der Waals surface area (Å²) in [7, 11) is 0. The molecule has 0 saturated carbocycles. The Morgan fingerprint density at radius 3 is 1.90 bits per heavy atom. The number of halogens is 2. The van der Waals surface area contributed by atoms with Crippen molar-refractivity contribution in [2.24, 2.45) is 11.7 Å². The van der Waals surface area contributed by atoms with Gasteiger partial charge in [0.1, 0.15) is 11.6 Å². The molecule has 0 radical (unpaired) electrons. The number of hydrogen-bond donors (Lipinski definition) is 1. The number of piperazine rings is 1. The maximum absolute atomic E-state index is 13.5. The fraction of sp³-hybridized carbons (Fsp3) is 0.438. The van der Waals surface area contributed by atoms with E-state index in [0.717, 1.165) is 23.1 Å². The number of nitrogens with zero attached hydrogens (tertiary/aromatic N) is 2. The van der Waals surface area contributed by atoms with Crippen molar-refractivity contribution in [3.63, 3.8) is 0 Å². The Morgan fingerprint density at radius 1 is 1.00 bits per heavy atom. The van der Waals surface area contributed by atoms with Gasteiger partial charge in [0.25, 0.3) is 0 Å². The summed E-state index contributed by atoms with van der Waals surface area (Å²) in [5.41, 5.74) is 8.90. The first-order chi connectivity index (χ1) is 18.3. The van der Waals surface area contributed by atoms with Crippen LogP contribution in [-0.4, -0.2) is 46.7 Å². The summed E-state index contributed by atoms with van der Waals surface area (Å²) in [4.78, 5) is 28.8. The Labute approximate surface area is 233 Å². The molecule has 1 saturated heterocycles. The third-order valence-corrected chi connectivity index (χ3v) is 6.86. The summed E-state index contributed by atoms with van der Waals surface area (Å²) in [6.45, 7) is 20.5. The molecule has 2 aromatic rings. The first-order valence-corrected chi connectivity index (χ1v) is 13.6. The molecular weight excluding hydrogens is 496 g/mol. The highest BCUT2D eigenvalue weighted by molar-refractivity contribution is 6.01. The molecule has 214 valence electrons. The van der Waals surface area contributed by atoms with Crippen molar-refractivity contribution in [3.05, 3.63) is 89.3 Å². The van der Waals surface area contributed by atoms with Gasteiger partial charge in [-0.05, 0) is 68.5 Å². The molecule has 39 heavy (non-hydrogen) atoms. The number of aryl methyl sites for hydroxylation is 1. The Kier molecular flexibility index (Phi) is 13.2. The lowest BCUT2D eigenvalue weighted by atomic mass is 9.86. The summed E-state index contributed by atoms with van der Waals surface area (Å²) in [6, 6.07) is 12.6. The molecule has 1 heterocycles. The second-order valence-corrected chi connectivity index (χ2v) is 9.84. The summed E-state index contributed by atoms with van der Waals surface area (Å²) in [5, 5.41) is 0. The van der Waals surface area contributed by atoms with E-state index < -0.39 is 5.54 Å². The summed E-state index contributed by atoms with van der Waals surface area (Å²) in [6.07, 6.45) is 0.824. The minimum atomic E-state index is -0.682. The minimum absolute atomic E-state index is 0.0696.